The van der Waals surface area contributed by atoms with E-state index in [-0.39, 0.29) is 5.92 Å². The third kappa shape index (κ3) is 3.15. The van der Waals surface area contributed by atoms with Gasteiger partial charge in [-0.05, 0) is 24.5 Å². The number of thiocarbonyl (C=S) groups is 1. The van der Waals surface area contributed by atoms with Gasteiger partial charge in [-0.2, -0.15) is 0 Å². The number of fused-ring (bicyclic) bond motifs is 1. The van der Waals surface area contributed by atoms with Gasteiger partial charge in [0.2, 0.25) is 0 Å². The number of hydrogen-bond acceptors (Lipinski definition) is 3. The Labute approximate surface area is 125 Å². The van der Waals surface area contributed by atoms with E-state index in [1.54, 1.807) is 0 Å². The highest BCUT2D eigenvalue weighted by atomic mass is 32.1. The molecule has 0 saturated heterocycles. The molecule has 0 radical (unpaired) electrons. The molecule has 0 bridgehead atoms. The minimum absolute atomic E-state index is 0.136. The number of rotatable bonds is 5. The van der Waals surface area contributed by atoms with Gasteiger partial charge in [0.05, 0.1) is 4.99 Å². The van der Waals surface area contributed by atoms with Crippen LogP contribution in [0.4, 0.5) is 0 Å². The van der Waals surface area contributed by atoms with Crippen molar-refractivity contribution in [2.75, 3.05) is 0 Å². The predicted octanol–water partition coefficient (Wildman–Crippen LogP) is 2.86. The highest BCUT2D eigenvalue weighted by Gasteiger charge is 2.16. The highest BCUT2D eigenvalue weighted by Crippen LogP contribution is 2.19. The maximum Gasteiger partial charge on any atom is 0.160 e. The van der Waals surface area contributed by atoms with Crippen LogP contribution in [0.1, 0.15) is 32.2 Å². The Morgan fingerprint density at radius 1 is 1.40 bits per heavy atom. The molecule has 0 saturated carbocycles. The lowest BCUT2D eigenvalue weighted by atomic mass is 10.1. The van der Waals surface area contributed by atoms with E-state index in [9.17, 15) is 0 Å². The summed E-state index contributed by atoms with van der Waals surface area (Å²) in [6.07, 6.45) is 2.81. The van der Waals surface area contributed by atoms with Gasteiger partial charge in [0, 0.05) is 25.1 Å². The number of nitrogens with two attached hydrogens (primary N) is 1. The Bertz CT molecular complexity index is 630. The van der Waals surface area contributed by atoms with Crippen LogP contribution < -0.4 is 5.73 Å². The summed E-state index contributed by atoms with van der Waals surface area (Å²) in [5, 5.41) is 0. The average molecular weight is 290 g/mol. The Kier molecular flexibility index (Phi) is 4.38. The summed E-state index contributed by atoms with van der Waals surface area (Å²) in [7, 11) is 0. The molecule has 20 heavy (non-hydrogen) atoms. The quantitative estimate of drug-likeness (QED) is 0.860. The molecule has 4 nitrogen and oxygen atoms in total. The molecule has 1 atom stereocenters. The van der Waals surface area contributed by atoms with Crippen LogP contribution in [0.25, 0.3) is 11.2 Å². The fraction of sp³-hybridized carbons (Fsp3) is 0.533. The van der Waals surface area contributed by atoms with E-state index < -0.39 is 0 Å². The molecule has 2 heterocycles. The van der Waals surface area contributed by atoms with E-state index in [1.165, 1.54) is 0 Å². The fourth-order valence-corrected chi connectivity index (χ4v) is 2.31. The number of nitrogens with zero attached hydrogens (tertiary/aromatic N) is 3. The summed E-state index contributed by atoms with van der Waals surface area (Å²) < 4.78 is 2.17. The molecule has 0 amide bonds. The highest BCUT2D eigenvalue weighted by molar-refractivity contribution is 7.80. The summed E-state index contributed by atoms with van der Waals surface area (Å²) in [5.41, 5.74) is 8.75. The predicted molar refractivity (Wildman–Crippen MR) is 86.8 cm³/mol. The number of imidazole rings is 1. The zero-order valence-electron chi connectivity index (χ0n) is 12.6. The Morgan fingerprint density at radius 2 is 2.10 bits per heavy atom. The lowest BCUT2D eigenvalue weighted by Gasteiger charge is -2.14. The van der Waals surface area contributed by atoms with Gasteiger partial charge < -0.3 is 10.3 Å². The summed E-state index contributed by atoms with van der Waals surface area (Å²) in [5.74, 6) is 1.75. The van der Waals surface area contributed by atoms with Crippen LogP contribution in [0.5, 0.6) is 0 Å². The van der Waals surface area contributed by atoms with Gasteiger partial charge >= 0.3 is 0 Å². The SMILES string of the molecule is Cc1cnc2c(c1)nc(CC(C)C)n2CC(C)C(N)=S. The molecule has 0 aliphatic carbocycles. The maximum atomic E-state index is 5.75. The molecule has 0 aromatic carbocycles. The molecule has 108 valence electrons. The molecule has 2 rings (SSSR count). The molecule has 5 heteroatoms. The standard InChI is InChI=1S/C15H22N4S/c1-9(2)5-13-18-12-6-10(3)7-17-15(12)19(13)8-11(4)14(16)20/h6-7,9,11H,5,8H2,1-4H3,(H2,16,20). The van der Waals surface area contributed by atoms with E-state index in [2.05, 4.69) is 29.5 Å². The van der Waals surface area contributed by atoms with E-state index in [0.29, 0.717) is 10.9 Å². The smallest absolute Gasteiger partial charge is 0.160 e. The first-order chi connectivity index (χ1) is 9.38. The molecule has 2 aromatic rings. The number of pyridine rings is 1. The third-order valence-corrected chi connectivity index (χ3v) is 3.74. The van der Waals surface area contributed by atoms with Crippen LogP contribution in [-0.2, 0) is 13.0 Å². The van der Waals surface area contributed by atoms with E-state index in [4.69, 9.17) is 22.9 Å². The number of hydrogen-bond donors (Lipinski definition) is 1. The Balaban J connectivity index is 2.49. The van der Waals surface area contributed by atoms with Crippen molar-refractivity contribution in [3.05, 3.63) is 23.7 Å². The topological polar surface area (TPSA) is 56.7 Å². The average Bonchev–Trinajstić information content (AvgIpc) is 2.65. The largest absolute Gasteiger partial charge is 0.393 e. The molecular formula is C15H22N4S. The molecule has 0 aliphatic rings. The van der Waals surface area contributed by atoms with Crippen LogP contribution in [0.3, 0.4) is 0 Å². The molecule has 1 unspecified atom stereocenters. The Hall–Kier alpha value is -1.49. The maximum absolute atomic E-state index is 5.75. The monoisotopic (exact) mass is 290 g/mol. The number of aromatic nitrogens is 3. The van der Waals surface area contributed by atoms with Crippen molar-refractivity contribution in [3.63, 3.8) is 0 Å². The summed E-state index contributed by atoms with van der Waals surface area (Å²) >= 11 is 5.09. The van der Waals surface area contributed by atoms with Crippen molar-refractivity contribution in [3.8, 4) is 0 Å². The van der Waals surface area contributed by atoms with E-state index >= 15 is 0 Å². The van der Waals surface area contributed by atoms with Crippen LogP contribution >= 0.6 is 12.2 Å². The van der Waals surface area contributed by atoms with Gasteiger partial charge in [-0.25, -0.2) is 9.97 Å². The van der Waals surface area contributed by atoms with Crippen molar-refractivity contribution in [2.45, 2.75) is 40.7 Å². The fourth-order valence-electron chi connectivity index (χ4n) is 2.24. The van der Waals surface area contributed by atoms with Crippen LogP contribution in [-0.4, -0.2) is 19.5 Å². The molecule has 0 spiro atoms. The first-order valence-electron chi connectivity index (χ1n) is 6.99. The lowest BCUT2D eigenvalue weighted by Crippen LogP contribution is -2.24. The second-order valence-corrected chi connectivity index (χ2v) is 6.37. The van der Waals surface area contributed by atoms with Gasteiger partial charge in [0.25, 0.3) is 0 Å². The number of aryl methyl sites for hydroxylation is 1. The zero-order chi connectivity index (χ0) is 14.9. The van der Waals surface area contributed by atoms with Gasteiger partial charge in [0.15, 0.2) is 5.65 Å². The van der Waals surface area contributed by atoms with Crippen molar-refractivity contribution in [1.29, 1.82) is 0 Å². The van der Waals surface area contributed by atoms with Crippen LogP contribution in [0.2, 0.25) is 0 Å². The van der Waals surface area contributed by atoms with Gasteiger partial charge in [0.1, 0.15) is 11.3 Å². The van der Waals surface area contributed by atoms with Crippen molar-refractivity contribution in [1.82, 2.24) is 14.5 Å². The van der Waals surface area contributed by atoms with Crippen molar-refractivity contribution >= 4 is 28.4 Å². The molecule has 2 aromatic heterocycles. The van der Waals surface area contributed by atoms with Crippen LogP contribution in [0, 0.1) is 18.8 Å². The van der Waals surface area contributed by atoms with Gasteiger partial charge in [-0.1, -0.05) is 33.0 Å². The molecular weight excluding hydrogens is 268 g/mol. The summed E-state index contributed by atoms with van der Waals surface area (Å²) in [6, 6.07) is 2.08. The normalized spacial score (nSPS) is 13.1. The second-order valence-electron chi connectivity index (χ2n) is 5.90. The third-order valence-electron chi connectivity index (χ3n) is 3.33. The minimum Gasteiger partial charge on any atom is -0.393 e. The summed E-state index contributed by atoms with van der Waals surface area (Å²) in [6.45, 7) is 9.20. The van der Waals surface area contributed by atoms with Gasteiger partial charge in [-0.3, -0.25) is 0 Å². The second kappa shape index (κ2) is 5.87. The first-order valence-corrected chi connectivity index (χ1v) is 7.40. The molecule has 0 fully saturated rings. The van der Waals surface area contributed by atoms with Crippen molar-refractivity contribution < 1.29 is 0 Å². The Morgan fingerprint density at radius 3 is 2.70 bits per heavy atom. The minimum atomic E-state index is 0.136. The van der Waals surface area contributed by atoms with Crippen LogP contribution in [0.15, 0.2) is 12.3 Å². The van der Waals surface area contributed by atoms with Gasteiger partial charge in [-0.15, -0.1) is 0 Å². The lowest BCUT2D eigenvalue weighted by molar-refractivity contribution is 0.543. The molecule has 2 N–H and O–H groups in total. The van der Waals surface area contributed by atoms with E-state index in [0.717, 1.165) is 35.5 Å². The van der Waals surface area contributed by atoms with E-state index in [1.807, 2.05) is 20.0 Å². The van der Waals surface area contributed by atoms with Crippen molar-refractivity contribution in [2.24, 2.45) is 17.6 Å². The summed E-state index contributed by atoms with van der Waals surface area (Å²) in [4.78, 5) is 9.82. The zero-order valence-corrected chi connectivity index (χ0v) is 13.4. The first kappa shape index (κ1) is 14.9. The molecule has 0 aliphatic heterocycles.